The molecule has 0 spiro atoms. The average Bonchev–Trinajstić information content (AvgIpc) is 2.59. The van der Waals surface area contributed by atoms with E-state index in [-0.39, 0.29) is 24.3 Å². The second-order valence-electron chi connectivity index (χ2n) is 4.88. The fourth-order valence-corrected chi connectivity index (χ4v) is 2.26. The van der Waals surface area contributed by atoms with Gasteiger partial charge in [0, 0.05) is 6.08 Å². The summed E-state index contributed by atoms with van der Waals surface area (Å²) in [6, 6.07) is 3.33. The summed E-state index contributed by atoms with van der Waals surface area (Å²) in [4.78, 5) is 23.1. The first-order valence-electron chi connectivity index (χ1n) is 7.54. The van der Waals surface area contributed by atoms with Gasteiger partial charge in [-0.3, -0.25) is 0 Å². The van der Waals surface area contributed by atoms with Crippen LogP contribution in [0, 0.1) is 0 Å². The highest BCUT2D eigenvalue weighted by molar-refractivity contribution is 6.32. The third-order valence-electron chi connectivity index (χ3n) is 3.01. The smallest absolute Gasteiger partial charge is 0.331 e. The molecular weight excluding hydrogens is 362 g/mol. The lowest BCUT2D eigenvalue weighted by Gasteiger charge is -2.11. The van der Waals surface area contributed by atoms with Crippen molar-refractivity contribution in [3.63, 3.8) is 0 Å². The van der Waals surface area contributed by atoms with Crippen LogP contribution in [0.4, 0.5) is 11.9 Å². The number of nitrogen functional groups attached to an aromatic ring is 2. The van der Waals surface area contributed by atoms with Gasteiger partial charge in [-0.15, -0.1) is 0 Å². The van der Waals surface area contributed by atoms with E-state index in [1.807, 2.05) is 6.92 Å². The number of anilines is 2. The lowest BCUT2D eigenvalue weighted by Crippen LogP contribution is -2.09. The van der Waals surface area contributed by atoms with Gasteiger partial charge in [0.1, 0.15) is 0 Å². The number of aromatic nitrogens is 3. The van der Waals surface area contributed by atoms with E-state index in [1.54, 1.807) is 12.1 Å². The highest BCUT2D eigenvalue weighted by Gasteiger charge is 2.11. The van der Waals surface area contributed by atoms with Crippen molar-refractivity contribution in [1.29, 1.82) is 0 Å². The van der Waals surface area contributed by atoms with E-state index in [0.29, 0.717) is 28.7 Å². The number of nitrogens with two attached hydrogens (primary N) is 2. The Morgan fingerprint density at radius 2 is 1.92 bits per heavy atom. The quantitative estimate of drug-likeness (QED) is 0.545. The van der Waals surface area contributed by atoms with Crippen molar-refractivity contribution in [3.8, 4) is 11.5 Å². The third kappa shape index (κ3) is 5.21. The van der Waals surface area contributed by atoms with Crippen molar-refractivity contribution in [3.05, 3.63) is 34.6 Å². The van der Waals surface area contributed by atoms with E-state index in [2.05, 4.69) is 15.0 Å². The predicted molar refractivity (Wildman–Crippen MR) is 96.7 cm³/mol. The summed E-state index contributed by atoms with van der Waals surface area (Å²) in [5.41, 5.74) is 11.5. The van der Waals surface area contributed by atoms with Gasteiger partial charge in [-0.1, -0.05) is 11.6 Å². The van der Waals surface area contributed by atoms with Crippen LogP contribution in [-0.2, 0) is 16.1 Å². The van der Waals surface area contributed by atoms with Crippen molar-refractivity contribution in [2.45, 2.75) is 13.5 Å². The Bertz CT molecular complexity index is 808. The fraction of sp³-hybridized carbons (Fsp3) is 0.250. The van der Waals surface area contributed by atoms with E-state index in [0.717, 1.165) is 0 Å². The minimum atomic E-state index is -0.605. The van der Waals surface area contributed by atoms with Crippen LogP contribution in [0.15, 0.2) is 18.2 Å². The van der Waals surface area contributed by atoms with Crippen LogP contribution in [0.5, 0.6) is 11.5 Å². The molecule has 26 heavy (non-hydrogen) atoms. The van der Waals surface area contributed by atoms with Crippen LogP contribution in [0.1, 0.15) is 18.3 Å². The van der Waals surface area contributed by atoms with E-state index in [4.69, 9.17) is 37.3 Å². The summed E-state index contributed by atoms with van der Waals surface area (Å²) in [7, 11) is 1.50. The van der Waals surface area contributed by atoms with Crippen LogP contribution in [-0.4, -0.2) is 34.6 Å². The zero-order valence-electron chi connectivity index (χ0n) is 14.2. The minimum Gasteiger partial charge on any atom is -0.493 e. The van der Waals surface area contributed by atoms with Crippen LogP contribution in [0.3, 0.4) is 0 Å². The molecule has 0 aliphatic carbocycles. The van der Waals surface area contributed by atoms with Gasteiger partial charge in [-0.25, -0.2) is 4.79 Å². The Kier molecular flexibility index (Phi) is 6.56. The molecule has 0 fully saturated rings. The summed E-state index contributed by atoms with van der Waals surface area (Å²) in [6.45, 7) is 2.10. The lowest BCUT2D eigenvalue weighted by atomic mass is 10.2. The molecule has 0 atom stereocenters. The van der Waals surface area contributed by atoms with Crippen molar-refractivity contribution in [1.82, 2.24) is 15.0 Å². The van der Waals surface area contributed by atoms with Gasteiger partial charge in [0.15, 0.2) is 23.9 Å². The predicted octanol–water partition coefficient (Wildman–Crippen LogP) is 1.85. The number of hydrogen-bond acceptors (Lipinski definition) is 9. The van der Waals surface area contributed by atoms with Gasteiger partial charge in [0.2, 0.25) is 11.9 Å². The van der Waals surface area contributed by atoms with Crippen molar-refractivity contribution in [2.24, 2.45) is 0 Å². The van der Waals surface area contributed by atoms with Crippen molar-refractivity contribution >= 4 is 35.5 Å². The third-order valence-corrected chi connectivity index (χ3v) is 3.29. The Morgan fingerprint density at radius 1 is 1.23 bits per heavy atom. The van der Waals surface area contributed by atoms with E-state index < -0.39 is 5.97 Å². The molecule has 10 heteroatoms. The Hall–Kier alpha value is -3.07. The molecule has 1 aromatic carbocycles. The first-order chi connectivity index (χ1) is 12.4. The molecule has 0 saturated heterocycles. The number of nitrogens with zero attached hydrogens (tertiary/aromatic N) is 3. The Balaban J connectivity index is 2.04. The molecule has 0 unspecified atom stereocenters. The molecule has 1 aromatic heterocycles. The van der Waals surface area contributed by atoms with Crippen LogP contribution in [0.2, 0.25) is 5.02 Å². The molecule has 0 bridgehead atoms. The second kappa shape index (κ2) is 8.86. The number of esters is 1. The monoisotopic (exact) mass is 379 g/mol. The van der Waals surface area contributed by atoms with Crippen LogP contribution >= 0.6 is 11.6 Å². The normalized spacial score (nSPS) is 10.7. The zero-order valence-corrected chi connectivity index (χ0v) is 15.0. The summed E-state index contributed by atoms with van der Waals surface area (Å²) in [6.07, 6.45) is 2.77. The molecule has 0 amide bonds. The molecule has 138 valence electrons. The molecule has 2 rings (SSSR count). The highest BCUT2D eigenvalue weighted by Crippen LogP contribution is 2.36. The molecule has 0 aliphatic rings. The van der Waals surface area contributed by atoms with Gasteiger partial charge in [-0.2, -0.15) is 15.0 Å². The number of halogens is 1. The first-order valence-corrected chi connectivity index (χ1v) is 7.91. The van der Waals surface area contributed by atoms with Crippen LogP contribution in [0.25, 0.3) is 6.08 Å². The second-order valence-corrected chi connectivity index (χ2v) is 5.28. The molecule has 0 aliphatic heterocycles. The highest BCUT2D eigenvalue weighted by atomic mass is 35.5. The number of ether oxygens (including phenoxy) is 3. The van der Waals surface area contributed by atoms with Gasteiger partial charge in [0.25, 0.3) is 0 Å². The number of carbonyl (C=O) groups is 1. The van der Waals surface area contributed by atoms with Crippen molar-refractivity contribution in [2.75, 3.05) is 25.2 Å². The zero-order chi connectivity index (χ0) is 19.1. The fourth-order valence-electron chi connectivity index (χ4n) is 1.99. The summed E-state index contributed by atoms with van der Waals surface area (Å²) >= 11 is 6.18. The SMILES string of the molecule is CCOc1c(Cl)cc(/C=C/C(=O)OCc2nc(N)nc(N)n2)cc1OC. The number of rotatable bonds is 7. The molecule has 9 nitrogen and oxygen atoms in total. The minimum absolute atomic E-state index is 0.0461. The maximum atomic E-state index is 11.8. The summed E-state index contributed by atoms with van der Waals surface area (Å²) in [5, 5.41) is 0.371. The topological polar surface area (TPSA) is 135 Å². The van der Waals surface area contributed by atoms with E-state index in [9.17, 15) is 4.79 Å². The van der Waals surface area contributed by atoms with E-state index >= 15 is 0 Å². The lowest BCUT2D eigenvalue weighted by molar-refractivity contribution is -0.139. The van der Waals surface area contributed by atoms with Crippen molar-refractivity contribution < 1.29 is 19.0 Å². The standard InChI is InChI=1S/C16H18ClN5O4/c1-3-25-14-10(17)6-9(7-11(14)24-2)4-5-13(23)26-8-12-20-15(18)22-16(19)21-12/h4-7H,3,8H2,1-2H3,(H4,18,19,20,21,22)/b5-4+. The molecule has 2 aromatic rings. The van der Waals surface area contributed by atoms with Gasteiger partial charge < -0.3 is 25.7 Å². The summed E-state index contributed by atoms with van der Waals surface area (Å²) < 4.78 is 15.7. The maximum Gasteiger partial charge on any atom is 0.331 e. The molecule has 1 heterocycles. The van der Waals surface area contributed by atoms with Gasteiger partial charge in [0.05, 0.1) is 18.7 Å². The Labute approximate surface area is 154 Å². The van der Waals surface area contributed by atoms with Crippen LogP contribution < -0.4 is 20.9 Å². The molecular formula is C16H18ClN5O4. The number of benzene rings is 1. The van der Waals surface area contributed by atoms with Gasteiger partial charge >= 0.3 is 5.97 Å². The largest absolute Gasteiger partial charge is 0.493 e. The summed E-state index contributed by atoms with van der Waals surface area (Å²) in [5.74, 6) is 0.365. The maximum absolute atomic E-state index is 11.8. The molecule has 4 N–H and O–H groups in total. The molecule has 0 radical (unpaired) electrons. The number of hydrogen-bond donors (Lipinski definition) is 2. The number of carbonyl (C=O) groups excluding carboxylic acids is 1. The average molecular weight is 380 g/mol. The molecule has 0 saturated carbocycles. The Morgan fingerprint density at radius 3 is 2.54 bits per heavy atom. The first kappa shape index (κ1) is 19.3. The van der Waals surface area contributed by atoms with Gasteiger partial charge in [-0.05, 0) is 30.7 Å². The number of methoxy groups -OCH3 is 1. The van der Waals surface area contributed by atoms with E-state index in [1.165, 1.54) is 19.3 Å².